The van der Waals surface area contributed by atoms with E-state index in [0.29, 0.717) is 12.5 Å². The van der Waals surface area contributed by atoms with E-state index in [1.807, 2.05) is 25.1 Å². The fourth-order valence-corrected chi connectivity index (χ4v) is 1.84. The Morgan fingerprint density at radius 1 is 1.30 bits per heavy atom. The lowest BCUT2D eigenvalue weighted by Gasteiger charge is -2.08. The summed E-state index contributed by atoms with van der Waals surface area (Å²) in [6.45, 7) is 8.56. The number of aromatic nitrogens is 1. The zero-order valence-corrected chi connectivity index (χ0v) is 12.3. The second-order valence-electron chi connectivity index (χ2n) is 5.32. The summed E-state index contributed by atoms with van der Waals surface area (Å²) in [5.41, 5.74) is 2.12. The minimum atomic E-state index is 0.427. The van der Waals surface area contributed by atoms with E-state index in [1.54, 1.807) is 12.5 Å². The molecule has 0 fully saturated rings. The van der Waals surface area contributed by atoms with E-state index in [1.165, 1.54) is 0 Å². The van der Waals surface area contributed by atoms with Crippen molar-refractivity contribution in [3.05, 3.63) is 47.7 Å². The van der Waals surface area contributed by atoms with Crippen LogP contribution in [0.5, 0.6) is 5.75 Å². The van der Waals surface area contributed by atoms with Gasteiger partial charge >= 0.3 is 0 Å². The van der Waals surface area contributed by atoms with Gasteiger partial charge < -0.3 is 14.5 Å². The molecule has 0 saturated carbocycles. The number of nitrogens with zero attached hydrogens (tertiary/aromatic N) is 1. The number of furan rings is 1. The van der Waals surface area contributed by atoms with Gasteiger partial charge in [0, 0.05) is 17.8 Å². The molecular weight excluding hydrogens is 252 g/mol. The molecule has 0 bridgehead atoms. The quantitative estimate of drug-likeness (QED) is 0.841. The molecule has 2 heterocycles. The number of ether oxygens (including phenoxy) is 1. The van der Waals surface area contributed by atoms with Gasteiger partial charge in [0.2, 0.25) is 0 Å². The number of hydrogen-bond donors (Lipinski definition) is 1. The van der Waals surface area contributed by atoms with Gasteiger partial charge in [0.15, 0.2) is 0 Å². The number of pyridine rings is 1. The Hall–Kier alpha value is -1.81. The topological polar surface area (TPSA) is 47.3 Å². The molecule has 0 aliphatic carbocycles. The van der Waals surface area contributed by atoms with Crippen molar-refractivity contribution in [3.63, 3.8) is 0 Å². The van der Waals surface area contributed by atoms with Crippen LogP contribution >= 0.6 is 0 Å². The molecule has 0 saturated heterocycles. The summed E-state index contributed by atoms with van der Waals surface area (Å²) < 4.78 is 11.2. The first-order valence-electron chi connectivity index (χ1n) is 6.96. The van der Waals surface area contributed by atoms with Crippen LogP contribution in [0, 0.1) is 12.8 Å². The average molecular weight is 274 g/mol. The van der Waals surface area contributed by atoms with Crippen LogP contribution in [0.3, 0.4) is 0 Å². The SMILES string of the molecule is Cc1ccc(OCc2occc2CNCC(C)C)cn1. The van der Waals surface area contributed by atoms with Crippen LogP contribution in [0.2, 0.25) is 0 Å². The lowest BCUT2D eigenvalue weighted by molar-refractivity contribution is 0.267. The number of rotatable bonds is 7. The summed E-state index contributed by atoms with van der Waals surface area (Å²) in [6, 6.07) is 5.84. The van der Waals surface area contributed by atoms with Gasteiger partial charge in [-0.3, -0.25) is 4.98 Å². The molecule has 2 aromatic heterocycles. The van der Waals surface area contributed by atoms with Crippen molar-refractivity contribution < 1.29 is 9.15 Å². The third kappa shape index (κ3) is 4.38. The largest absolute Gasteiger partial charge is 0.484 e. The zero-order chi connectivity index (χ0) is 14.4. The summed E-state index contributed by atoms with van der Waals surface area (Å²) in [4.78, 5) is 4.20. The van der Waals surface area contributed by atoms with Gasteiger partial charge in [-0.05, 0) is 37.6 Å². The van der Waals surface area contributed by atoms with Crippen molar-refractivity contribution in [2.24, 2.45) is 5.92 Å². The highest BCUT2D eigenvalue weighted by Gasteiger charge is 2.07. The summed E-state index contributed by atoms with van der Waals surface area (Å²) in [7, 11) is 0. The molecule has 0 amide bonds. The maximum Gasteiger partial charge on any atom is 0.146 e. The van der Waals surface area contributed by atoms with Crippen molar-refractivity contribution in [1.29, 1.82) is 0 Å². The summed E-state index contributed by atoms with van der Waals surface area (Å²) in [5, 5.41) is 3.41. The minimum absolute atomic E-state index is 0.427. The molecule has 1 N–H and O–H groups in total. The molecule has 108 valence electrons. The molecule has 0 radical (unpaired) electrons. The Kier molecular flexibility index (Phi) is 5.18. The Labute approximate surface area is 120 Å². The van der Waals surface area contributed by atoms with Gasteiger partial charge in [-0.25, -0.2) is 0 Å². The lowest BCUT2D eigenvalue weighted by atomic mass is 10.2. The van der Waals surface area contributed by atoms with Crippen LogP contribution in [0.1, 0.15) is 30.9 Å². The molecule has 0 spiro atoms. The molecule has 0 unspecified atom stereocenters. The van der Waals surface area contributed by atoms with E-state index in [0.717, 1.165) is 35.9 Å². The van der Waals surface area contributed by atoms with Crippen molar-refractivity contribution in [2.45, 2.75) is 33.9 Å². The fraction of sp³-hybridized carbons (Fsp3) is 0.438. The summed E-state index contributed by atoms with van der Waals surface area (Å²) in [6.07, 6.45) is 3.44. The van der Waals surface area contributed by atoms with Gasteiger partial charge in [-0.2, -0.15) is 0 Å². The van der Waals surface area contributed by atoms with Gasteiger partial charge in [-0.15, -0.1) is 0 Å². The molecule has 0 aliphatic rings. The Bertz CT molecular complexity index is 518. The first kappa shape index (κ1) is 14.6. The highest BCUT2D eigenvalue weighted by molar-refractivity contribution is 5.21. The molecule has 20 heavy (non-hydrogen) atoms. The molecular formula is C16H22N2O2. The zero-order valence-electron chi connectivity index (χ0n) is 12.3. The Morgan fingerprint density at radius 2 is 2.15 bits per heavy atom. The molecule has 2 aromatic rings. The van der Waals surface area contributed by atoms with Crippen LogP contribution < -0.4 is 10.1 Å². The molecule has 0 atom stereocenters. The van der Waals surface area contributed by atoms with E-state index < -0.39 is 0 Å². The highest BCUT2D eigenvalue weighted by Crippen LogP contribution is 2.15. The standard InChI is InChI=1S/C16H22N2O2/c1-12(2)8-17-9-14-6-7-19-16(14)11-20-15-5-4-13(3)18-10-15/h4-7,10,12,17H,8-9,11H2,1-3H3. The predicted molar refractivity (Wildman–Crippen MR) is 78.6 cm³/mol. The normalized spacial score (nSPS) is 11.0. The predicted octanol–water partition coefficient (Wildman–Crippen LogP) is 3.31. The van der Waals surface area contributed by atoms with E-state index in [9.17, 15) is 0 Å². The van der Waals surface area contributed by atoms with Gasteiger partial charge in [0.1, 0.15) is 18.1 Å². The number of aryl methyl sites for hydroxylation is 1. The molecule has 4 nitrogen and oxygen atoms in total. The van der Waals surface area contributed by atoms with Gasteiger partial charge in [-0.1, -0.05) is 13.8 Å². The highest BCUT2D eigenvalue weighted by atomic mass is 16.5. The van der Waals surface area contributed by atoms with Gasteiger partial charge in [0.25, 0.3) is 0 Å². The molecule has 4 heteroatoms. The second-order valence-corrected chi connectivity index (χ2v) is 5.32. The van der Waals surface area contributed by atoms with Crippen molar-refractivity contribution >= 4 is 0 Å². The van der Waals surface area contributed by atoms with Crippen LogP contribution in [0.4, 0.5) is 0 Å². The molecule has 0 aliphatic heterocycles. The first-order chi connectivity index (χ1) is 9.65. The third-order valence-corrected chi connectivity index (χ3v) is 2.96. The van der Waals surface area contributed by atoms with Crippen molar-refractivity contribution in [3.8, 4) is 5.75 Å². The second kappa shape index (κ2) is 7.10. The third-order valence-electron chi connectivity index (χ3n) is 2.96. The van der Waals surface area contributed by atoms with Crippen molar-refractivity contribution in [1.82, 2.24) is 10.3 Å². The summed E-state index contributed by atoms with van der Waals surface area (Å²) in [5.74, 6) is 2.26. The maximum atomic E-state index is 5.69. The van der Waals surface area contributed by atoms with E-state index >= 15 is 0 Å². The van der Waals surface area contributed by atoms with Gasteiger partial charge in [0.05, 0.1) is 12.5 Å². The van der Waals surface area contributed by atoms with E-state index in [2.05, 4.69) is 24.1 Å². The monoisotopic (exact) mass is 274 g/mol. The summed E-state index contributed by atoms with van der Waals surface area (Å²) >= 11 is 0. The van der Waals surface area contributed by atoms with Crippen molar-refractivity contribution in [2.75, 3.05) is 6.54 Å². The fourth-order valence-electron chi connectivity index (χ4n) is 1.84. The molecule has 2 rings (SSSR count). The Balaban J connectivity index is 1.86. The average Bonchev–Trinajstić information content (AvgIpc) is 2.85. The lowest BCUT2D eigenvalue weighted by Crippen LogP contribution is -2.19. The Morgan fingerprint density at radius 3 is 2.85 bits per heavy atom. The van der Waals surface area contributed by atoms with E-state index in [-0.39, 0.29) is 0 Å². The maximum absolute atomic E-state index is 5.69. The van der Waals surface area contributed by atoms with E-state index in [4.69, 9.17) is 9.15 Å². The van der Waals surface area contributed by atoms with Crippen LogP contribution in [0.25, 0.3) is 0 Å². The first-order valence-corrected chi connectivity index (χ1v) is 6.96. The van der Waals surface area contributed by atoms with Crippen LogP contribution in [0.15, 0.2) is 35.1 Å². The van der Waals surface area contributed by atoms with Crippen LogP contribution in [-0.2, 0) is 13.2 Å². The number of hydrogen-bond acceptors (Lipinski definition) is 4. The number of nitrogens with one attached hydrogen (secondary N) is 1. The minimum Gasteiger partial charge on any atom is -0.484 e. The smallest absolute Gasteiger partial charge is 0.146 e. The van der Waals surface area contributed by atoms with Crippen LogP contribution in [-0.4, -0.2) is 11.5 Å². The molecule has 0 aromatic carbocycles.